The Morgan fingerprint density at radius 3 is 2.23 bits per heavy atom. The molecule has 0 unspecified atom stereocenters. The Morgan fingerprint density at radius 2 is 1.67 bits per heavy atom. The third-order valence-corrected chi connectivity index (χ3v) is 6.15. The molecule has 0 radical (unpaired) electrons. The molecule has 8 nitrogen and oxygen atoms in total. The quantitative estimate of drug-likeness (QED) is 0.646. The molecule has 162 valence electrons. The molecule has 0 spiro atoms. The molecule has 0 aromatic heterocycles. The standard InChI is InChI=1S/C21H27N3O5S/c1-6-29-21(26)17-9-11-18(12-10-17)22-20(25)14-24(30(27,28)23(4)5)19-13-15(2)7-8-16(19)3/h7-13H,6,14H2,1-5H3,(H,22,25). The van der Waals surface area contributed by atoms with Gasteiger partial charge in [-0.1, -0.05) is 12.1 Å². The van der Waals surface area contributed by atoms with Gasteiger partial charge in [-0.15, -0.1) is 0 Å². The first-order chi connectivity index (χ1) is 14.1. The molecular formula is C21H27N3O5S. The van der Waals surface area contributed by atoms with E-state index in [1.807, 2.05) is 19.1 Å². The Bertz CT molecular complexity index is 1020. The first kappa shape index (κ1) is 23.4. The molecular weight excluding hydrogens is 406 g/mol. The second kappa shape index (κ2) is 9.73. The number of carbonyl (C=O) groups is 2. The Kier molecular flexibility index (Phi) is 7.58. The number of anilines is 2. The summed E-state index contributed by atoms with van der Waals surface area (Å²) in [5.74, 6) is -0.959. The largest absolute Gasteiger partial charge is 0.462 e. The van der Waals surface area contributed by atoms with Crippen molar-refractivity contribution in [1.29, 1.82) is 0 Å². The molecule has 9 heteroatoms. The van der Waals surface area contributed by atoms with Crippen LogP contribution < -0.4 is 9.62 Å². The van der Waals surface area contributed by atoms with E-state index < -0.39 is 28.6 Å². The summed E-state index contributed by atoms with van der Waals surface area (Å²) in [6.45, 7) is 5.24. The molecule has 0 bridgehead atoms. The number of hydrogen-bond acceptors (Lipinski definition) is 5. The Hall–Kier alpha value is -2.91. The van der Waals surface area contributed by atoms with E-state index in [1.165, 1.54) is 26.2 Å². The maximum atomic E-state index is 12.9. The van der Waals surface area contributed by atoms with E-state index in [-0.39, 0.29) is 6.61 Å². The molecule has 0 atom stereocenters. The van der Waals surface area contributed by atoms with Crippen LogP contribution in [0.4, 0.5) is 11.4 Å². The highest BCUT2D eigenvalue weighted by atomic mass is 32.2. The summed E-state index contributed by atoms with van der Waals surface area (Å²) in [4.78, 5) is 24.4. The third-order valence-electron chi connectivity index (χ3n) is 4.34. The SMILES string of the molecule is CCOC(=O)c1ccc(NC(=O)CN(c2cc(C)ccc2C)S(=O)(=O)N(C)C)cc1. The Labute approximate surface area is 177 Å². The van der Waals surface area contributed by atoms with Crippen LogP contribution in [0.15, 0.2) is 42.5 Å². The van der Waals surface area contributed by atoms with Gasteiger partial charge in [0.05, 0.1) is 17.9 Å². The summed E-state index contributed by atoms with van der Waals surface area (Å²) in [6.07, 6.45) is 0. The summed E-state index contributed by atoms with van der Waals surface area (Å²) in [5.41, 5.74) is 2.86. The van der Waals surface area contributed by atoms with Gasteiger partial charge in [-0.25, -0.2) is 9.10 Å². The topological polar surface area (TPSA) is 96.0 Å². The fraction of sp³-hybridized carbons (Fsp3) is 0.333. The molecule has 1 N–H and O–H groups in total. The molecule has 0 heterocycles. The molecule has 0 fully saturated rings. The summed E-state index contributed by atoms with van der Waals surface area (Å²) >= 11 is 0. The number of rotatable bonds is 8. The lowest BCUT2D eigenvalue weighted by Crippen LogP contribution is -2.44. The fourth-order valence-corrected chi connectivity index (χ4v) is 3.83. The summed E-state index contributed by atoms with van der Waals surface area (Å²) in [5, 5.41) is 2.67. The van der Waals surface area contributed by atoms with Gasteiger partial charge in [0, 0.05) is 19.8 Å². The van der Waals surface area contributed by atoms with Gasteiger partial charge in [0.1, 0.15) is 6.54 Å². The van der Waals surface area contributed by atoms with Crippen molar-refractivity contribution in [1.82, 2.24) is 4.31 Å². The molecule has 30 heavy (non-hydrogen) atoms. The van der Waals surface area contributed by atoms with Gasteiger partial charge < -0.3 is 10.1 Å². The van der Waals surface area contributed by atoms with E-state index in [0.29, 0.717) is 16.9 Å². The van der Waals surface area contributed by atoms with Gasteiger partial charge >= 0.3 is 16.2 Å². The zero-order valence-corrected chi connectivity index (χ0v) is 18.6. The van der Waals surface area contributed by atoms with Crippen LogP contribution in [0.3, 0.4) is 0 Å². The van der Waals surface area contributed by atoms with Gasteiger partial charge in [0.2, 0.25) is 5.91 Å². The van der Waals surface area contributed by atoms with E-state index >= 15 is 0 Å². The monoisotopic (exact) mass is 433 g/mol. The van der Waals surface area contributed by atoms with Crippen molar-refractivity contribution in [3.8, 4) is 0 Å². The van der Waals surface area contributed by atoms with Crippen molar-refractivity contribution >= 4 is 33.5 Å². The average molecular weight is 434 g/mol. The van der Waals surface area contributed by atoms with Gasteiger partial charge in [-0.05, 0) is 62.2 Å². The van der Waals surface area contributed by atoms with Crippen molar-refractivity contribution < 1.29 is 22.7 Å². The molecule has 1 amide bonds. The lowest BCUT2D eigenvalue weighted by Gasteiger charge is -2.28. The molecule has 0 aliphatic rings. The minimum atomic E-state index is -3.90. The average Bonchev–Trinajstić information content (AvgIpc) is 2.68. The Balaban J connectivity index is 2.25. The molecule has 0 aliphatic heterocycles. The van der Waals surface area contributed by atoms with Gasteiger partial charge in [0.25, 0.3) is 0 Å². The normalized spacial score (nSPS) is 11.3. The number of amides is 1. The highest BCUT2D eigenvalue weighted by Gasteiger charge is 2.28. The number of aryl methyl sites for hydroxylation is 2. The van der Waals surface area contributed by atoms with E-state index in [1.54, 1.807) is 32.0 Å². The Morgan fingerprint density at radius 1 is 1.03 bits per heavy atom. The number of nitrogens with one attached hydrogen (secondary N) is 1. The van der Waals surface area contributed by atoms with E-state index in [0.717, 1.165) is 19.7 Å². The van der Waals surface area contributed by atoms with Gasteiger partial charge in [-0.3, -0.25) is 4.79 Å². The van der Waals surface area contributed by atoms with Crippen LogP contribution in [-0.2, 0) is 19.7 Å². The van der Waals surface area contributed by atoms with Crippen molar-refractivity contribution in [2.24, 2.45) is 0 Å². The summed E-state index contributed by atoms with van der Waals surface area (Å²) < 4.78 is 32.8. The van der Waals surface area contributed by atoms with E-state index in [4.69, 9.17) is 4.74 Å². The van der Waals surface area contributed by atoms with Crippen LogP contribution in [0, 0.1) is 13.8 Å². The van der Waals surface area contributed by atoms with Gasteiger partial charge in [0.15, 0.2) is 0 Å². The predicted octanol–water partition coefficient (Wildman–Crippen LogP) is 2.73. The number of carbonyl (C=O) groups excluding carboxylic acids is 2. The highest BCUT2D eigenvalue weighted by Crippen LogP contribution is 2.25. The summed E-state index contributed by atoms with van der Waals surface area (Å²) in [7, 11) is -1.07. The van der Waals surface area contributed by atoms with Crippen LogP contribution >= 0.6 is 0 Å². The van der Waals surface area contributed by atoms with Gasteiger partial charge in [-0.2, -0.15) is 12.7 Å². The van der Waals surface area contributed by atoms with Crippen LogP contribution in [0.5, 0.6) is 0 Å². The molecule has 2 aromatic carbocycles. The maximum absolute atomic E-state index is 12.9. The minimum Gasteiger partial charge on any atom is -0.462 e. The third kappa shape index (κ3) is 5.58. The first-order valence-corrected chi connectivity index (χ1v) is 10.8. The van der Waals surface area contributed by atoms with E-state index in [2.05, 4.69) is 5.32 Å². The van der Waals surface area contributed by atoms with Crippen LogP contribution in [0.25, 0.3) is 0 Å². The minimum absolute atomic E-state index is 0.270. The van der Waals surface area contributed by atoms with Crippen molar-refractivity contribution in [2.75, 3.05) is 36.9 Å². The molecule has 2 rings (SSSR count). The molecule has 0 saturated carbocycles. The number of benzene rings is 2. The fourth-order valence-electron chi connectivity index (χ4n) is 2.71. The number of esters is 1. The predicted molar refractivity (Wildman–Crippen MR) is 117 cm³/mol. The lowest BCUT2D eigenvalue weighted by molar-refractivity contribution is -0.114. The van der Waals surface area contributed by atoms with Crippen LogP contribution in [0.1, 0.15) is 28.4 Å². The van der Waals surface area contributed by atoms with Crippen molar-refractivity contribution in [3.05, 3.63) is 59.2 Å². The number of nitrogens with zero attached hydrogens (tertiary/aromatic N) is 2. The maximum Gasteiger partial charge on any atom is 0.338 e. The second-order valence-corrected chi connectivity index (χ2v) is 9.00. The smallest absolute Gasteiger partial charge is 0.338 e. The zero-order chi connectivity index (χ0) is 22.5. The molecule has 0 aliphatic carbocycles. The second-order valence-electron chi connectivity index (χ2n) is 6.93. The van der Waals surface area contributed by atoms with Crippen molar-refractivity contribution in [3.63, 3.8) is 0 Å². The van der Waals surface area contributed by atoms with Crippen LogP contribution in [0.2, 0.25) is 0 Å². The number of ether oxygens (including phenoxy) is 1. The molecule has 2 aromatic rings. The first-order valence-electron chi connectivity index (χ1n) is 9.40. The van der Waals surface area contributed by atoms with Crippen LogP contribution in [-0.4, -0.2) is 51.8 Å². The van der Waals surface area contributed by atoms with Crippen molar-refractivity contribution in [2.45, 2.75) is 20.8 Å². The van der Waals surface area contributed by atoms with E-state index in [9.17, 15) is 18.0 Å². The zero-order valence-electron chi connectivity index (χ0n) is 17.8. The number of hydrogen-bond donors (Lipinski definition) is 1. The highest BCUT2D eigenvalue weighted by molar-refractivity contribution is 7.90. The lowest BCUT2D eigenvalue weighted by atomic mass is 10.1. The molecule has 0 saturated heterocycles. The summed E-state index contributed by atoms with van der Waals surface area (Å²) in [6, 6.07) is 11.6.